The van der Waals surface area contributed by atoms with Crippen molar-refractivity contribution in [1.29, 1.82) is 0 Å². The lowest BCUT2D eigenvalue weighted by Gasteiger charge is -2.24. The van der Waals surface area contributed by atoms with Gasteiger partial charge in [-0.15, -0.1) is 0 Å². The Morgan fingerprint density at radius 2 is 1.46 bits per heavy atom. The van der Waals surface area contributed by atoms with Gasteiger partial charge in [0.1, 0.15) is 12.2 Å². The third-order valence-corrected chi connectivity index (χ3v) is 4.06. The van der Waals surface area contributed by atoms with E-state index >= 15 is 0 Å². The van der Waals surface area contributed by atoms with E-state index in [1.807, 2.05) is 62.4 Å². The fourth-order valence-corrected chi connectivity index (χ4v) is 2.45. The molecule has 0 amide bonds. The summed E-state index contributed by atoms with van der Waals surface area (Å²) in [5.41, 5.74) is 4.04. The van der Waals surface area contributed by atoms with Crippen molar-refractivity contribution in [3.05, 3.63) is 70.8 Å². The van der Waals surface area contributed by atoms with Gasteiger partial charge in [-0.3, -0.25) is 0 Å². The first-order chi connectivity index (χ1) is 12.5. The second-order valence-electron chi connectivity index (χ2n) is 6.41. The molecule has 0 aliphatic rings. The number of benzene rings is 2. The highest BCUT2D eigenvalue weighted by atomic mass is 19.1. The van der Waals surface area contributed by atoms with Crippen LogP contribution in [0.2, 0.25) is 0 Å². The average Bonchev–Trinajstić information content (AvgIpc) is 2.64. The van der Waals surface area contributed by atoms with E-state index < -0.39 is 18.4 Å². The van der Waals surface area contributed by atoms with Crippen LogP contribution < -0.4 is 0 Å². The lowest BCUT2D eigenvalue weighted by molar-refractivity contribution is -0.132. The number of rotatable bonds is 10. The van der Waals surface area contributed by atoms with Crippen LogP contribution in [0, 0.1) is 13.8 Å². The number of aliphatic hydroxyl groups is 1. The summed E-state index contributed by atoms with van der Waals surface area (Å²) < 4.78 is 24.8. The van der Waals surface area contributed by atoms with Crippen LogP contribution in [0.5, 0.6) is 0 Å². The smallest absolute Gasteiger partial charge is 0.184 e. The van der Waals surface area contributed by atoms with Crippen LogP contribution in [0.4, 0.5) is 4.39 Å². The number of hydrogen-bond donors (Lipinski definition) is 1. The Morgan fingerprint density at radius 3 is 1.96 bits per heavy atom. The topological polar surface area (TPSA) is 55.8 Å². The third kappa shape index (κ3) is 6.33. The summed E-state index contributed by atoms with van der Waals surface area (Å²) >= 11 is 0. The van der Waals surface area contributed by atoms with E-state index in [-0.39, 0.29) is 19.5 Å². The van der Waals surface area contributed by atoms with Gasteiger partial charge >= 0.3 is 0 Å². The third-order valence-electron chi connectivity index (χ3n) is 4.06. The van der Waals surface area contributed by atoms with Gasteiger partial charge in [0.25, 0.3) is 0 Å². The second-order valence-corrected chi connectivity index (χ2v) is 6.41. The van der Waals surface area contributed by atoms with Crippen LogP contribution in [0.15, 0.2) is 48.5 Å². The predicted octanol–water partition coefficient (Wildman–Crippen LogP) is 3.30. The zero-order valence-corrected chi connectivity index (χ0v) is 15.1. The first-order valence-corrected chi connectivity index (χ1v) is 8.57. The zero-order valence-electron chi connectivity index (χ0n) is 15.1. The molecule has 0 fully saturated rings. The maximum atomic E-state index is 13.9. The van der Waals surface area contributed by atoms with Gasteiger partial charge in [0, 0.05) is 0 Å². The molecule has 0 saturated carbocycles. The van der Waals surface area contributed by atoms with Crippen LogP contribution in [-0.2, 0) is 27.5 Å². The van der Waals surface area contributed by atoms with Gasteiger partial charge < -0.3 is 19.4 Å². The lowest BCUT2D eigenvalue weighted by Crippen LogP contribution is -2.41. The minimum Gasteiger partial charge on any atom is -0.388 e. The number of aldehydes is 1. The average molecular weight is 360 g/mol. The Morgan fingerprint density at radius 1 is 0.962 bits per heavy atom. The SMILES string of the molecule is Cc1ccc(COC[C@@H](O)[C@@H](OCc2ccc(C)cc2)[C@@H](F)C=O)cc1. The molecule has 0 aliphatic heterocycles. The molecule has 0 saturated heterocycles. The molecule has 0 unspecified atom stereocenters. The summed E-state index contributed by atoms with van der Waals surface area (Å²) in [6, 6.07) is 15.3. The van der Waals surface area contributed by atoms with Gasteiger partial charge in [-0.1, -0.05) is 59.7 Å². The molecule has 0 heterocycles. The molecule has 140 valence electrons. The largest absolute Gasteiger partial charge is 0.388 e. The Balaban J connectivity index is 1.86. The van der Waals surface area contributed by atoms with Crippen molar-refractivity contribution in [3.63, 3.8) is 0 Å². The van der Waals surface area contributed by atoms with Crippen molar-refractivity contribution in [3.8, 4) is 0 Å². The van der Waals surface area contributed by atoms with Crippen LogP contribution in [-0.4, -0.2) is 36.4 Å². The molecule has 2 aromatic rings. The molecular formula is C21H25FO4. The van der Waals surface area contributed by atoms with Gasteiger partial charge in [-0.2, -0.15) is 0 Å². The number of halogens is 1. The fraction of sp³-hybridized carbons (Fsp3) is 0.381. The fourth-order valence-electron chi connectivity index (χ4n) is 2.45. The van der Waals surface area contributed by atoms with Gasteiger partial charge in [0.05, 0.1) is 19.8 Å². The minimum absolute atomic E-state index is 0.105. The van der Waals surface area contributed by atoms with Gasteiger partial charge in [0.15, 0.2) is 12.5 Å². The van der Waals surface area contributed by atoms with Gasteiger partial charge in [-0.25, -0.2) is 4.39 Å². The van der Waals surface area contributed by atoms with E-state index in [2.05, 4.69) is 0 Å². The zero-order chi connectivity index (χ0) is 18.9. The first kappa shape index (κ1) is 20.2. The minimum atomic E-state index is -1.92. The molecule has 2 aromatic carbocycles. The van der Waals surface area contributed by atoms with Crippen molar-refractivity contribution < 1.29 is 23.8 Å². The molecule has 5 heteroatoms. The maximum absolute atomic E-state index is 13.9. The van der Waals surface area contributed by atoms with Crippen molar-refractivity contribution in [1.82, 2.24) is 0 Å². The van der Waals surface area contributed by atoms with Crippen LogP contribution in [0.3, 0.4) is 0 Å². The number of carbonyl (C=O) groups excluding carboxylic acids is 1. The normalized spacial score (nSPS) is 14.6. The van der Waals surface area contributed by atoms with E-state index in [4.69, 9.17) is 9.47 Å². The summed E-state index contributed by atoms with van der Waals surface area (Å²) in [4.78, 5) is 10.8. The number of hydrogen-bond acceptors (Lipinski definition) is 4. The summed E-state index contributed by atoms with van der Waals surface area (Å²) in [6.07, 6.45) is -4.29. The molecule has 26 heavy (non-hydrogen) atoms. The quantitative estimate of drug-likeness (QED) is 0.661. The van der Waals surface area contributed by atoms with Crippen LogP contribution >= 0.6 is 0 Å². The lowest BCUT2D eigenvalue weighted by atomic mass is 10.1. The number of alkyl halides is 1. The van der Waals surface area contributed by atoms with Gasteiger partial charge in [-0.05, 0) is 25.0 Å². The number of carbonyl (C=O) groups is 1. The van der Waals surface area contributed by atoms with E-state index in [1.54, 1.807) is 0 Å². The first-order valence-electron chi connectivity index (χ1n) is 8.57. The number of aliphatic hydroxyl groups excluding tert-OH is 1. The monoisotopic (exact) mass is 360 g/mol. The van der Waals surface area contributed by atoms with E-state index in [0.717, 1.165) is 22.3 Å². The highest BCUT2D eigenvalue weighted by Crippen LogP contribution is 2.14. The summed E-state index contributed by atoms with van der Waals surface area (Å²) in [6.45, 7) is 4.23. The molecule has 0 aliphatic carbocycles. The number of aryl methyl sites for hydroxylation is 2. The molecule has 0 spiro atoms. The summed E-state index contributed by atoms with van der Waals surface area (Å²) in [5, 5.41) is 10.2. The molecule has 0 bridgehead atoms. The Hall–Kier alpha value is -2.08. The van der Waals surface area contributed by atoms with Crippen molar-refractivity contribution in [2.45, 2.75) is 45.4 Å². The summed E-state index contributed by atoms with van der Waals surface area (Å²) in [5.74, 6) is 0. The van der Waals surface area contributed by atoms with Crippen molar-refractivity contribution in [2.75, 3.05) is 6.61 Å². The predicted molar refractivity (Wildman–Crippen MR) is 97.6 cm³/mol. The molecule has 0 aromatic heterocycles. The summed E-state index contributed by atoms with van der Waals surface area (Å²) in [7, 11) is 0. The number of ether oxygens (including phenoxy) is 2. The maximum Gasteiger partial charge on any atom is 0.184 e. The Labute approximate surface area is 153 Å². The van der Waals surface area contributed by atoms with Crippen LogP contribution in [0.25, 0.3) is 0 Å². The molecule has 3 atom stereocenters. The Kier molecular flexibility index (Phi) is 7.91. The van der Waals surface area contributed by atoms with Crippen molar-refractivity contribution in [2.24, 2.45) is 0 Å². The standard InChI is InChI=1S/C21H25FO4/c1-15-3-7-17(8-4-15)12-25-14-20(24)21(19(22)11-23)26-13-18-9-5-16(2)6-10-18/h3-11,19-21,24H,12-14H2,1-2H3/t19-,20+,21-/m0/s1. The van der Waals surface area contributed by atoms with Crippen LogP contribution in [0.1, 0.15) is 22.3 Å². The highest BCUT2D eigenvalue weighted by molar-refractivity contribution is 5.57. The molecule has 4 nitrogen and oxygen atoms in total. The van der Waals surface area contributed by atoms with E-state index in [9.17, 15) is 14.3 Å². The van der Waals surface area contributed by atoms with E-state index in [1.165, 1.54) is 0 Å². The van der Waals surface area contributed by atoms with Gasteiger partial charge in [0.2, 0.25) is 0 Å². The molecule has 0 radical (unpaired) electrons. The molecule has 2 rings (SSSR count). The Bertz CT molecular complexity index is 669. The molecular weight excluding hydrogens is 335 g/mol. The highest BCUT2D eigenvalue weighted by Gasteiger charge is 2.29. The molecule has 1 N–H and O–H groups in total. The van der Waals surface area contributed by atoms with Crippen molar-refractivity contribution >= 4 is 6.29 Å². The second kappa shape index (κ2) is 10.2. The van der Waals surface area contributed by atoms with E-state index in [0.29, 0.717) is 6.61 Å².